The van der Waals surface area contributed by atoms with Gasteiger partial charge in [0, 0.05) is 25.6 Å². The first kappa shape index (κ1) is 17.4. The normalized spacial score (nSPS) is 26.6. The quantitative estimate of drug-likeness (QED) is 0.691. The smallest absolute Gasteiger partial charge is 0.237 e. The van der Waals surface area contributed by atoms with Gasteiger partial charge >= 0.3 is 0 Å². The van der Waals surface area contributed by atoms with Crippen molar-refractivity contribution < 1.29 is 23.1 Å². The number of sulfonamides is 1. The first-order chi connectivity index (χ1) is 9.01. The summed E-state index contributed by atoms with van der Waals surface area (Å²) >= 11 is 0. The van der Waals surface area contributed by atoms with Crippen molar-refractivity contribution in [3.63, 3.8) is 0 Å². The minimum atomic E-state index is -3.38. The van der Waals surface area contributed by atoms with Crippen LogP contribution in [-0.4, -0.2) is 69.5 Å². The van der Waals surface area contributed by atoms with Gasteiger partial charge in [0.25, 0.3) is 0 Å². The zero-order valence-corrected chi connectivity index (χ0v) is 13.3. The minimum Gasteiger partial charge on any atom is -0.387 e. The lowest BCUT2D eigenvalue weighted by Gasteiger charge is -2.49. The Kier molecular flexibility index (Phi) is 5.18. The molecule has 0 aliphatic carbocycles. The predicted molar refractivity (Wildman–Crippen MR) is 74.7 cm³/mol. The van der Waals surface area contributed by atoms with E-state index < -0.39 is 21.0 Å². The van der Waals surface area contributed by atoms with E-state index in [-0.39, 0.29) is 19.1 Å². The third-order valence-corrected chi connectivity index (χ3v) is 4.53. The SMILES string of the molecule is COC[C@]1(O)CCN(C(=O)CNS(C)(=O)=O)CC1(C)C. The first-order valence-corrected chi connectivity index (χ1v) is 8.34. The summed E-state index contributed by atoms with van der Waals surface area (Å²) in [6.07, 6.45) is 1.41. The Labute approximate surface area is 120 Å². The second-order valence-corrected chi connectivity index (χ2v) is 7.84. The lowest BCUT2D eigenvalue weighted by atomic mass is 9.70. The highest BCUT2D eigenvalue weighted by molar-refractivity contribution is 7.88. The molecular weight excluding hydrogens is 284 g/mol. The van der Waals surface area contributed by atoms with Crippen molar-refractivity contribution in [3.8, 4) is 0 Å². The van der Waals surface area contributed by atoms with Crippen LogP contribution in [0.5, 0.6) is 0 Å². The second kappa shape index (κ2) is 5.97. The van der Waals surface area contributed by atoms with E-state index in [1.54, 1.807) is 4.90 Å². The zero-order valence-electron chi connectivity index (χ0n) is 12.5. The number of carbonyl (C=O) groups is 1. The fourth-order valence-electron chi connectivity index (χ4n) is 2.39. The van der Waals surface area contributed by atoms with Gasteiger partial charge in [-0.2, -0.15) is 0 Å². The number of hydrogen-bond donors (Lipinski definition) is 2. The van der Waals surface area contributed by atoms with Crippen molar-refractivity contribution in [2.45, 2.75) is 25.9 Å². The molecule has 1 amide bonds. The molecule has 1 rings (SSSR count). The number of ether oxygens (including phenoxy) is 1. The summed E-state index contributed by atoms with van der Waals surface area (Å²) in [5, 5.41) is 10.6. The fraction of sp³-hybridized carbons (Fsp3) is 0.917. The van der Waals surface area contributed by atoms with Crippen LogP contribution in [0.1, 0.15) is 20.3 Å². The van der Waals surface area contributed by atoms with Gasteiger partial charge in [-0.15, -0.1) is 0 Å². The number of methoxy groups -OCH3 is 1. The largest absolute Gasteiger partial charge is 0.387 e. The molecule has 1 fully saturated rings. The average Bonchev–Trinajstić information content (AvgIpc) is 2.29. The molecular formula is C12H24N2O5S. The Hall–Kier alpha value is -0.700. The highest BCUT2D eigenvalue weighted by Crippen LogP contribution is 2.38. The van der Waals surface area contributed by atoms with Crippen LogP contribution in [0.25, 0.3) is 0 Å². The van der Waals surface area contributed by atoms with Gasteiger partial charge in [-0.3, -0.25) is 4.79 Å². The maximum atomic E-state index is 12.0. The van der Waals surface area contributed by atoms with Crippen molar-refractivity contribution in [1.29, 1.82) is 0 Å². The first-order valence-electron chi connectivity index (χ1n) is 6.44. The van der Waals surface area contributed by atoms with Crippen LogP contribution in [0.2, 0.25) is 0 Å². The molecule has 1 heterocycles. The van der Waals surface area contributed by atoms with Crippen molar-refractivity contribution in [3.05, 3.63) is 0 Å². The molecule has 1 atom stereocenters. The molecule has 0 aromatic carbocycles. The van der Waals surface area contributed by atoms with E-state index in [9.17, 15) is 18.3 Å². The number of amides is 1. The van der Waals surface area contributed by atoms with Crippen LogP contribution in [0, 0.1) is 5.41 Å². The zero-order chi connectivity index (χ0) is 15.6. The predicted octanol–water partition coefficient (Wildman–Crippen LogP) is -0.828. The van der Waals surface area contributed by atoms with E-state index in [0.717, 1.165) is 6.26 Å². The maximum Gasteiger partial charge on any atom is 0.237 e. The van der Waals surface area contributed by atoms with Gasteiger partial charge < -0.3 is 14.7 Å². The molecule has 0 bridgehead atoms. The summed E-state index contributed by atoms with van der Waals surface area (Å²) in [5.41, 5.74) is -1.51. The van der Waals surface area contributed by atoms with Crippen molar-refractivity contribution >= 4 is 15.9 Å². The summed E-state index contributed by atoms with van der Waals surface area (Å²) < 4.78 is 29.2. The third-order valence-electron chi connectivity index (χ3n) is 3.86. The minimum absolute atomic E-state index is 0.212. The Morgan fingerprint density at radius 1 is 1.45 bits per heavy atom. The summed E-state index contributed by atoms with van der Waals surface area (Å²) in [6, 6.07) is 0. The molecule has 1 saturated heterocycles. The highest BCUT2D eigenvalue weighted by atomic mass is 32.2. The van der Waals surface area contributed by atoms with E-state index in [2.05, 4.69) is 4.72 Å². The van der Waals surface area contributed by atoms with Gasteiger partial charge in [0.05, 0.1) is 25.0 Å². The summed E-state index contributed by atoms with van der Waals surface area (Å²) in [6.45, 7) is 4.44. The Balaban J connectivity index is 2.68. The van der Waals surface area contributed by atoms with Crippen molar-refractivity contribution in [1.82, 2.24) is 9.62 Å². The molecule has 1 aliphatic rings. The van der Waals surface area contributed by atoms with Gasteiger partial charge in [0.1, 0.15) is 0 Å². The Morgan fingerprint density at radius 2 is 2.05 bits per heavy atom. The number of aliphatic hydroxyl groups is 1. The van der Waals surface area contributed by atoms with Gasteiger partial charge in [-0.1, -0.05) is 13.8 Å². The average molecular weight is 308 g/mol. The molecule has 1 aliphatic heterocycles. The van der Waals surface area contributed by atoms with E-state index in [1.165, 1.54) is 7.11 Å². The second-order valence-electron chi connectivity index (χ2n) is 6.01. The number of nitrogens with zero attached hydrogens (tertiary/aromatic N) is 1. The molecule has 0 unspecified atom stereocenters. The molecule has 8 heteroatoms. The molecule has 20 heavy (non-hydrogen) atoms. The lowest BCUT2D eigenvalue weighted by molar-refractivity contribution is -0.162. The number of nitrogens with one attached hydrogen (secondary N) is 1. The molecule has 0 saturated carbocycles. The number of hydrogen-bond acceptors (Lipinski definition) is 5. The number of likely N-dealkylation sites (tertiary alicyclic amines) is 1. The Morgan fingerprint density at radius 3 is 2.50 bits per heavy atom. The maximum absolute atomic E-state index is 12.0. The van der Waals surface area contributed by atoms with Crippen molar-refractivity contribution in [2.75, 3.05) is 39.6 Å². The van der Waals surface area contributed by atoms with Crippen LogP contribution in [0.4, 0.5) is 0 Å². The van der Waals surface area contributed by atoms with Gasteiger partial charge in [-0.25, -0.2) is 13.1 Å². The van der Waals surface area contributed by atoms with Gasteiger partial charge in [-0.05, 0) is 6.42 Å². The molecule has 7 nitrogen and oxygen atoms in total. The van der Waals surface area contributed by atoms with Crippen LogP contribution >= 0.6 is 0 Å². The van der Waals surface area contributed by atoms with Gasteiger partial charge in [0.2, 0.25) is 15.9 Å². The van der Waals surface area contributed by atoms with Crippen LogP contribution in [0.15, 0.2) is 0 Å². The van der Waals surface area contributed by atoms with Crippen LogP contribution < -0.4 is 4.72 Å². The Bertz CT molecular complexity index is 462. The van der Waals surface area contributed by atoms with Gasteiger partial charge in [0.15, 0.2) is 0 Å². The van der Waals surface area contributed by atoms with Crippen LogP contribution in [0.3, 0.4) is 0 Å². The standard InChI is InChI=1S/C12H24N2O5S/c1-11(2)8-14(6-5-12(11,16)9-19-3)10(15)7-13-20(4,17)18/h13,16H,5-9H2,1-4H3/t12-/m1/s1. The number of piperidine rings is 1. The molecule has 0 radical (unpaired) electrons. The topological polar surface area (TPSA) is 95.9 Å². The third kappa shape index (κ3) is 4.15. The van der Waals surface area contributed by atoms with Crippen LogP contribution in [-0.2, 0) is 19.6 Å². The molecule has 2 N–H and O–H groups in total. The molecule has 0 aromatic rings. The number of carbonyl (C=O) groups excluding carboxylic acids is 1. The molecule has 0 aromatic heterocycles. The van der Waals surface area contributed by atoms with E-state index in [0.29, 0.717) is 19.5 Å². The lowest BCUT2D eigenvalue weighted by Crippen LogP contribution is -2.61. The monoisotopic (exact) mass is 308 g/mol. The van der Waals surface area contributed by atoms with Crippen molar-refractivity contribution in [2.24, 2.45) is 5.41 Å². The highest BCUT2D eigenvalue weighted by Gasteiger charge is 2.48. The molecule has 118 valence electrons. The fourth-order valence-corrected chi connectivity index (χ4v) is 2.77. The van der Waals surface area contributed by atoms with E-state index in [1.807, 2.05) is 13.8 Å². The molecule has 0 spiro atoms. The van der Waals surface area contributed by atoms with E-state index in [4.69, 9.17) is 4.74 Å². The number of rotatable bonds is 5. The summed E-state index contributed by atoms with van der Waals surface area (Å²) in [4.78, 5) is 13.6. The summed E-state index contributed by atoms with van der Waals surface area (Å²) in [7, 11) is -1.86. The summed E-state index contributed by atoms with van der Waals surface area (Å²) in [5.74, 6) is -0.289. The van der Waals surface area contributed by atoms with E-state index >= 15 is 0 Å².